The molecule has 2 aromatic rings. The Morgan fingerprint density at radius 1 is 1.03 bits per heavy atom. The molecule has 1 aliphatic carbocycles. The summed E-state index contributed by atoms with van der Waals surface area (Å²) < 4.78 is 30.8. The first-order chi connectivity index (χ1) is 15.7. The molecule has 0 N–H and O–H groups in total. The fraction of sp³-hybridized carbons (Fsp3) is 0.556. The number of benzene rings is 2. The molecule has 1 atom stereocenters. The van der Waals surface area contributed by atoms with Crippen LogP contribution in [0.25, 0.3) is 0 Å². The normalized spacial score (nSPS) is 27.6. The summed E-state index contributed by atoms with van der Waals surface area (Å²) in [6.07, 6.45) is 6.59. The van der Waals surface area contributed by atoms with E-state index in [0.29, 0.717) is 12.5 Å². The molecule has 1 saturated carbocycles. The molecule has 3 aliphatic rings. The molecule has 0 aromatic heterocycles. The van der Waals surface area contributed by atoms with Gasteiger partial charge in [-0.15, -0.1) is 0 Å². The molecule has 4 nitrogen and oxygen atoms in total. The van der Waals surface area contributed by atoms with Gasteiger partial charge in [0.05, 0.1) is 32.6 Å². The lowest BCUT2D eigenvalue weighted by Gasteiger charge is -2.49. The largest absolute Gasteiger partial charge is 0.493 e. The average molecular weight is 440 g/mol. The smallest absolute Gasteiger partial charge is 0.161 e. The van der Waals surface area contributed by atoms with Gasteiger partial charge in [-0.3, -0.25) is 9.29 Å². The van der Waals surface area contributed by atoms with Crippen molar-refractivity contribution in [3.05, 3.63) is 58.7 Å². The molecule has 0 bridgehead atoms. The quantitative estimate of drug-likeness (QED) is 0.641. The Hall–Kier alpha value is -2.11. The Morgan fingerprint density at radius 3 is 2.47 bits per heavy atom. The second-order valence-electron chi connectivity index (χ2n) is 9.50. The Morgan fingerprint density at radius 2 is 1.75 bits per heavy atom. The van der Waals surface area contributed by atoms with Gasteiger partial charge >= 0.3 is 0 Å². The molecule has 5 heteroatoms. The van der Waals surface area contributed by atoms with Crippen molar-refractivity contribution in [1.29, 1.82) is 0 Å². The molecular formula is C27H34FNO3. The van der Waals surface area contributed by atoms with Gasteiger partial charge in [-0.1, -0.05) is 24.3 Å². The highest BCUT2D eigenvalue weighted by molar-refractivity contribution is 5.48. The summed E-state index contributed by atoms with van der Waals surface area (Å²) in [5.41, 5.74) is 5.16. The van der Waals surface area contributed by atoms with Crippen molar-refractivity contribution in [1.82, 2.24) is 4.90 Å². The second kappa shape index (κ2) is 9.03. The monoisotopic (exact) mass is 439 g/mol. The summed E-state index contributed by atoms with van der Waals surface area (Å²) in [6, 6.07) is 13.5. The van der Waals surface area contributed by atoms with E-state index in [1.54, 1.807) is 14.2 Å². The summed E-state index contributed by atoms with van der Waals surface area (Å²) in [5, 5.41) is 0. The average Bonchev–Trinajstić information content (AvgIpc) is 2.83. The highest BCUT2D eigenvalue weighted by atomic mass is 19.1. The second-order valence-corrected chi connectivity index (χ2v) is 9.50. The zero-order valence-electron chi connectivity index (χ0n) is 19.2. The van der Waals surface area contributed by atoms with E-state index in [1.807, 2.05) is 0 Å². The first kappa shape index (κ1) is 21.7. The van der Waals surface area contributed by atoms with Gasteiger partial charge in [0, 0.05) is 25.6 Å². The van der Waals surface area contributed by atoms with Crippen LogP contribution in [0.5, 0.6) is 11.5 Å². The molecule has 0 radical (unpaired) electrons. The van der Waals surface area contributed by atoms with Gasteiger partial charge in [0.1, 0.15) is 0 Å². The first-order valence-electron chi connectivity index (χ1n) is 12.0. The number of methoxy groups -OCH3 is 2. The van der Waals surface area contributed by atoms with E-state index in [4.69, 9.17) is 14.2 Å². The number of hydrogen-bond acceptors (Lipinski definition) is 4. The van der Waals surface area contributed by atoms with Gasteiger partial charge in [0.25, 0.3) is 0 Å². The van der Waals surface area contributed by atoms with E-state index in [0.717, 1.165) is 63.1 Å². The van der Waals surface area contributed by atoms with Crippen molar-refractivity contribution in [3.8, 4) is 11.5 Å². The summed E-state index contributed by atoms with van der Waals surface area (Å²) in [7, 11) is 3.39. The minimum absolute atomic E-state index is 0.00393. The SMILES string of the molecule is COc1cc2c(cc1OC)CN(C1CCC3(CC1)O[C@H](CCF)Cc1ccccc13)CC2. The Kier molecular flexibility index (Phi) is 6.13. The molecule has 0 unspecified atom stereocenters. The number of rotatable bonds is 5. The van der Waals surface area contributed by atoms with E-state index in [-0.39, 0.29) is 18.4 Å². The number of hydrogen-bond donors (Lipinski definition) is 0. The minimum atomic E-state index is -0.313. The molecule has 2 heterocycles. The van der Waals surface area contributed by atoms with Crippen LogP contribution < -0.4 is 9.47 Å². The third-order valence-electron chi connectivity index (χ3n) is 7.81. The number of ether oxygens (including phenoxy) is 3. The number of nitrogens with zero attached hydrogens (tertiary/aromatic N) is 1. The summed E-state index contributed by atoms with van der Waals surface area (Å²) in [4.78, 5) is 2.63. The first-order valence-corrected chi connectivity index (χ1v) is 12.0. The van der Waals surface area contributed by atoms with E-state index in [2.05, 4.69) is 41.3 Å². The van der Waals surface area contributed by atoms with Gasteiger partial charge in [0.2, 0.25) is 0 Å². The van der Waals surface area contributed by atoms with Crippen molar-refractivity contribution < 1.29 is 18.6 Å². The van der Waals surface area contributed by atoms with E-state index < -0.39 is 0 Å². The molecule has 172 valence electrons. The predicted molar refractivity (Wildman–Crippen MR) is 123 cm³/mol. The van der Waals surface area contributed by atoms with Crippen LogP contribution in [0.4, 0.5) is 4.39 Å². The molecule has 2 aromatic carbocycles. The minimum Gasteiger partial charge on any atom is -0.493 e. The maximum Gasteiger partial charge on any atom is 0.161 e. The van der Waals surface area contributed by atoms with E-state index in [9.17, 15) is 4.39 Å². The molecule has 5 rings (SSSR count). The van der Waals surface area contributed by atoms with Crippen molar-refractivity contribution in [2.45, 2.75) is 69.2 Å². The van der Waals surface area contributed by atoms with Gasteiger partial charge in [0.15, 0.2) is 11.5 Å². The zero-order valence-corrected chi connectivity index (χ0v) is 19.2. The topological polar surface area (TPSA) is 30.9 Å². The van der Waals surface area contributed by atoms with Crippen molar-refractivity contribution in [2.24, 2.45) is 0 Å². The lowest BCUT2D eigenvalue weighted by Crippen LogP contribution is -2.48. The Balaban J connectivity index is 1.31. The Bertz CT molecular complexity index is 954. The lowest BCUT2D eigenvalue weighted by atomic mass is 9.73. The third kappa shape index (κ3) is 3.90. The fourth-order valence-electron chi connectivity index (χ4n) is 6.13. The lowest BCUT2D eigenvalue weighted by molar-refractivity contribution is -0.141. The van der Waals surface area contributed by atoms with Crippen molar-refractivity contribution >= 4 is 0 Å². The third-order valence-corrected chi connectivity index (χ3v) is 7.81. The van der Waals surface area contributed by atoms with Crippen molar-refractivity contribution in [2.75, 3.05) is 27.4 Å². The predicted octanol–water partition coefficient (Wildman–Crippen LogP) is 5.20. The molecule has 32 heavy (non-hydrogen) atoms. The molecule has 0 amide bonds. The number of fused-ring (bicyclic) bond motifs is 3. The van der Waals surface area contributed by atoms with Crippen LogP contribution in [0.1, 0.15) is 54.4 Å². The maximum atomic E-state index is 13.1. The Labute approximate surface area is 190 Å². The van der Waals surface area contributed by atoms with Crippen LogP contribution in [0.3, 0.4) is 0 Å². The van der Waals surface area contributed by atoms with Crippen LogP contribution in [0, 0.1) is 0 Å². The molecule has 0 saturated heterocycles. The summed E-state index contributed by atoms with van der Waals surface area (Å²) >= 11 is 0. The standard InChI is InChI=1S/C27H34FNO3/c1-30-25-16-19-10-14-29(18-21(19)17-26(25)31-2)22-7-11-27(12-8-22)24-6-4-3-5-20(24)15-23(32-27)9-13-28/h3-6,16-17,22-23H,7-15,18H2,1-2H3/t22?,23-,27?/m1/s1. The molecule has 2 aliphatic heterocycles. The van der Waals surface area contributed by atoms with Crippen LogP contribution in [-0.2, 0) is 29.7 Å². The van der Waals surface area contributed by atoms with Gasteiger partial charge in [-0.05, 0) is 72.9 Å². The molecule has 1 spiro atoms. The van der Waals surface area contributed by atoms with Gasteiger partial charge < -0.3 is 14.2 Å². The highest BCUT2D eigenvalue weighted by Crippen LogP contribution is 2.47. The van der Waals surface area contributed by atoms with Crippen LogP contribution in [-0.4, -0.2) is 44.5 Å². The number of alkyl halides is 1. The molecular weight excluding hydrogens is 405 g/mol. The maximum absolute atomic E-state index is 13.1. The highest BCUT2D eigenvalue weighted by Gasteiger charge is 2.44. The van der Waals surface area contributed by atoms with E-state index in [1.165, 1.54) is 22.3 Å². The summed E-state index contributed by atoms with van der Waals surface area (Å²) in [5.74, 6) is 1.62. The van der Waals surface area contributed by atoms with Gasteiger partial charge in [-0.2, -0.15) is 0 Å². The molecule has 1 fully saturated rings. The van der Waals surface area contributed by atoms with Crippen molar-refractivity contribution in [3.63, 3.8) is 0 Å². The zero-order chi connectivity index (χ0) is 22.1. The van der Waals surface area contributed by atoms with E-state index >= 15 is 0 Å². The number of halogens is 1. The van der Waals surface area contributed by atoms with Gasteiger partial charge in [-0.25, -0.2) is 0 Å². The summed E-state index contributed by atoms with van der Waals surface area (Å²) in [6.45, 7) is 1.71. The van der Waals surface area contributed by atoms with Crippen LogP contribution >= 0.6 is 0 Å². The van der Waals surface area contributed by atoms with Crippen LogP contribution in [0.15, 0.2) is 36.4 Å². The van der Waals surface area contributed by atoms with Crippen LogP contribution in [0.2, 0.25) is 0 Å². The fourth-order valence-corrected chi connectivity index (χ4v) is 6.13.